The predicted molar refractivity (Wildman–Crippen MR) is 52.5 cm³/mol. The van der Waals surface area contributed by atoms with Crippen molar-refractivity contribution in [3.05, 3.63) is 24.3 Å². The zero-order valence-electron chi connectivity index (χ0n) is 7.13. The van der Waals surface area contributed by atoms with Crippen LogP contribution in [0.25, 0.3) is 0 Å². The molecule has 1 amide bonds. The number of rotatable bonds is 2. The zero-order valence-corrected chi connectivity index (χ0v) is 7.94. The molecule has 0 heterocycles. The number of amides is 1. The number of anilines is 1. The SMILES string of the molecule is CSc1ccc(NC(C)=O)cc1. The van der Waals surface area contributed by atoms with E-state index >= 15 is 0 Å². The smallest absolute Gasteiger partial charge is 0.221 e. The Kier molecular flexibility index (Phi) is 3.17. The molecule has 64 valence electrons. The Balaban J connectivity index is 2.71. The van der Waals surface area contributed by atoms with Crippen molar-refractivity contribution < 1.29 is 4.79 Å². The Bertz CT molecular complexity index is 268. The molecule has 1 N–H and O–H groups in total. The van der Waals surface area contributed by atoms with Crippen LogP contribution >= 0.6 is 11.8 Å². The summed E-state index contributed by atoms with van der Waals surface area (Å²) in [7, 11) is 0. The molecule has 1 aromatic rings. The summed E-state index contributed by atoms with van der Waals surface area (Å²) in [5.41, 5.74) is 0.848. The molecule has 0 saturated carbocycles. The average Bonchev–Trinajstić information content (AvgIpc) is 2.05. The van der Waals surface area contributed by atoms with E-state index in [0.717, 1.165) is 5.69 Å². The van der Waals surface area contributed by atoms with Gasteiger partial charge < -0.3 is 5.32 Å². The van der Waals surface area contributed by atoms with Crippen LogP contribution in [-0.2, 0) is 4.79 Å². The highest BCUT2D eigenvalue weighted by atomic mass is 32.2. The maximum Gasteiger partial charge on any atom is 0.221 e. The molecule has 2 nitrogen and oxygen atoms in total. The van der Waals surface area contributed by atoms with Gasteiger partial charge in [0, 0.05) is 17.5 Å². The number of hydrogen-bond acceptors (Lipinski definition) is 2. The third kappa shape index (κ3) is 2.58. The Morgan fingerprint density at radius 3 is 2.33 bits per heavy atom. The van der Waals surface area contributed by atoms with Crippen LogP contribution in [-0.4, -0.2) is 12.2 Å². The highest BCUT2D eigenvalue weighted by molar-refractivity contribution is 7.98. The number of nitrogens with one attached hydrogen (secondary N) is 1. The predicted octanol–water partition coefficient (Wildman–Crippen LogP) is 2.37. The van der Waals surface area contributed by atoms with E-state index in [2.05, 4.69) is 5.32 Å². The molecule has 0 aromatic heterocycles. The van der Waals surface area contributed by atoms with Gasteiger partial charge in [-0.1, -0.05) is 0 Å². The van der Waals surface area contributed by atoms with Crippen LogP contribution in [0.2, 0.25) is 0 Å². The second kappa shape index (κ2) is 4.16. The van der Waals surface area contributed by atoms with Crippen molar-refractivity contribution in [2.24, 2.45) is 0 Å². The van der Waals surface area contributed by atoms with E-state index in [4.69, 9.17) is 0 Å². The topological polar surface area (TPSA) is 29.1 Å². The molecule has 0 spiro atoms. The van der Waals surface area contributed by atoms with E-state index in [1.54, 1.807) is 11.8 Å². The van der Waals surface area contributed by atoms with Gasteiger partial charge >= 0.3 is 0 Å². The lowest BCUT2D eigenvalue weighted by Crippen LogP contribution is -2.05. The summed E-state index contributed by atoms with van der Waals surface area (Å²) in [6, 6.07) is 7.76. The van der Waals surface area contributed by atoms with Crippen molar-refractivity contribution >= 4 is 23.4 Å². The van der Waals surface area contributed by atoms with Gasteiger partial charge in [-0.3, -0.25) is 4.79 Å². The van der Waals surface area contributed by atoms with Gasteiger partial charge in [0.25, 0.3) is 0 Å². The minimum absolute atomic E-state index is 0.0353. The quantitative estimate of drug-likeness (QED) is 0.710. The fourth-order valence-corrected chi connectivity index (χ4v) is 1.29. The summed E-state index contributed by atoms with van der Waals surface area (Å²) in [4.78, 5) is 11.8. The van der Waals surface area contributed by atoms with Crippen LogP contribution < -0.4 is 5.32 Å². The maximum absolute atomic E-state index is 10.7. The Hall–Kier alpha value is -0.960. The van der Waals surface area contributed by atoms with E-state index < -0.39 is 0 Å². The first-order valence-corrected chi connectivity index (χ1v) is 4.86. The highest BCUT2D eigenvalue weighted by Crippen LogP contribution is 2.17. The first kappa shape index (κ1) is 9.13. The first-order chi connectivity index (χ1) is 5.72. The van der Waals surface area contributed by atoms with E-state index in [1.165, 1.54) is 11.8 Å². The maximum atomic E-state index is 10.7. The van der Waals surface area contributed by atoms with Gasteiger partial charge in [0.15, 0.2) is 0 Å². The van der Waals surface area contributed by atoms with Crippen LogP contribution in [0.1, 0.15) is 6.92 Å². The fourth-order valence-electron chi connectivity index (χ4n) is 0.878. The van der Waals surface area contributed by atoms with Gasteiger partial charge in [-0.2, -0.15) is 0 Å². The highest BCUT2D eigenvalue weighted by Gasteiger charge is 1.94. The summed E-state index contributed by atoms with van der Waals surface area (Å²) < 4.78 is 0. The summed E-state index contributed by atoms with van der Waals surface area (Å²) in [6.45, 7) is 1.50. The first-order valence-electron chi connectivity index (χ1n) is 3.64. The molecule has 0 bridgehead atoms. The van der Waals surface area contributed by atoms with Crippen LogP contribution in [0.5, 0.6) is 0 Å². The summed E-state index contributed by atoms with van der Waals surface area (Å²) >= 11 is 1.68. The minimum Gasteiger partial charge on any atom is -0.326 e. The summed E-state index contributed by atoms with van der Waals surface area (Å²) in [5, 5.41) is 2.71. The van der Waals surface area contributed by atoms with Crippen LogP contribution in [0.4, 0.5) is 5.69 Å². The van der Waals surface area contributed by atoms with Crippen molar-refractivity contribution in [3.8, 4) is 0 Å². The molecule has 1 aromatic carbocycles. The van der Waals surface area contributed by atoms with Gasteiger partial charge in [-0.25, -0.2) is 0 Å². The monoisotopic (exact) mass is 181 g/mol. The fraction of sp³-hybridized carbons (Fsp3) is 0.222. The molecule has 0 atom stereocenters. The molecule has 0 unspecified atom stereocenters. The lowest BCUT2D eigenvalue weighted by atomic mass is 10.3. The lowest BCUT2D eigenvalue weighted by Gasteiger charge is -2.01. The normalized spacial score (nSPS) is 9.50. The van der Waals surface area contributed by atoms with Crippen molar-refractivity contribution in [1.82, 2.24) is 0 Å². The molecule has 0 fully saturated rings. The van der Waals surface area contributed by atoms with Crippen LogP contribution in [0.15, 0.2) is 29.2 Å². The second-order valence-corrected chi connectivity index (χ2v) is 3.29. The van der Waals surface area contributed by atoms with Crippen LogP contribution in [0.3, 0.4) is 0 Å². The van der Waals surface area contributed by atoms with Crippen molar-refractivity contribution in [2.45, 2.75) is 11.8 Å². The number of carbonyl (C=O) groups excluding carboxylic acids is 1. The van der Waals surface area contributed by atoms with Gasteiger partial charge in [-0.05, 0) is 30.5 Å². The Labute approximate surface area is 76.4 Å². The molecule has 3 heteroatoms. The van der Waals surface area contributed by atoms with E-state index in [-0.39, 0.29) is 5.91 Å². The average molecular weight is 181 g/mol. The van der Waals surface area contributed by atoms with E-state index in [0.29, 0.717) is 0 Å². The molecule has 0 radical (unpaired) electrons. The van der Waals surface area contributed by atoms with Crippen molar-refractivity contribution in [1.29, 1.82) is 0 Å². The molecule has 0 saturated heterocycles. The van der Waals surface area contributed by atoms with Gasteiger partial charge in [0.05, 0.1) is 0 Å². The van der Waals surface area contributed by atoms with Crippen molar-refractivity contribution in [2.75, 3.05) is 11.6 Å². The third-order valence-corrected chi connectivity index (χ3v) is 2.15. The van der Waals surface area contributed by atoms with Gasteiger partial charge in [0.2, 0.25) is 5.91 Å². The van der Waals surface area contributed by atoms with Crippen LogP contribution in [0, 0.1) is 0 Å². The molecule has 12 heavy (non-hydrogen) atoms. The standard InChI is InChI=1S/C9H11NOS/c1-7(11)10-8-3-5-9(12-2)6-4-8/h3-6H,1-2H3,(H,10,11). The number of benzene rings is 1. The summed E-state index contributed by atoms with van der Waals surface area (Å²) in [6.07, 6.45) is 2.02. The molecule has 0 aliphatic heterocycles. The van der Waals surface area contributed by atoms with Gasteiger partial charge in [0.1, 0.15) is 0 Å². The lowest BCUT2D eigenvalue weighted by molar-refractivity contribution is -0.114. The second-order valence-electron chi connectivity index (χ2n) is 2.41. The minimum atomic E-state index is -0.0353. The number of hydrogen-bond donors (Lipinski definition) is 1. The molecule has 1 rings (SSSR count). The third-order valence-electron chi connectivity index (χ3n) is 1.41. The molecular weight excluding hydrogens is 170 g/mol. The van der Waals surface area contributed by atoms with Gasteiger partial charge in [-0.15, -0.1) is 11.8 Å². The number of carbonyl (C=O) groups is 1. The summed E-state index contributed by atoms with van der Waals surface area (Å²) in [5.74, 6) is -0.0353. The van der Waals surface area contributed by atoms with Crippen molar-refractivity contribution in [3.63, 3.8) is 0 Å². The molecular formula is C9H11NOS. The number of thioether (sulfide) groups is 1. The van der Waals surface area contributed by atoms with E-state index in [9.17, 15) is 4.79 Å². The largest absolute Gasteiger partial charge is 0.326 e. The zero-order chi connectivity index (χ0) is 8.97. The van der Waals surface area contributed by atoms with E-state index in [1.807, 2.05) is 30.5 Å². The Morgan fingerprint density at radius 1 is 1.33 bits per heavy atom. The molecule has 0 aliphatic carbocycles. The molecule has 0 aliphatic rings. The Morgan fingerprint density at radius 2 is 1.92 bits per heavy atom.